The molecule has 8 fully saturated rings. The number of carbonyl (C=O) groups excluding carboxylic acids is 2. The lowest BCUT2D eigenvalue weighted by atomic mass is 9.46. The second-order valence-corrected chi connectivity index (χ2v) is 19.6. The van der Waals surface area contributed by atoms with Crippen molar-refractivity contribution in [2.45, 2.75) is 170 Å². The third-order valence-corrected chi connectivity index (χ3v) is 16.2. The van der Waals surface area contributed by atoms with Crippen LogP contribution in [0.4, 0.5) is 4.79 Å². The Morgan fingerprint density at radius 3 is 2.23 bits per heavy atom. The van der Waals surface area contributed by atoms with Crippen LogP contribution in [-0.4, -0.2) is 97.5 Å². The highest BCUT2D eigenvalue weighted by Crippen LogP contribution is 2.87. The SMILES string of the molecule is CC.CC(C)CC(=O)N1CCOC(O[C@H]2CCC34CC35CCC3(C)C(C[C@H]6O[C@@H]([C@H](OC(=O)N7CCC7)C(C)C)CC[C@@H]63)C5CC[C@H]4C2(C)C)C1.CO. The van der Waals surface area contributed by atoms with Crippen molar-refractivity contribution in [3.05, 3.63) is 0 Å². The maximum absolute atomic E-state index is 12.9. The van der Waals surface area contributed by atoms with Gasteiger partial charge in [0.05, 0.1) is 31.5 Å². The second kappa shape index (κ2) is 15.8. The molecule has 0 aromatic carbocycles. The molecule has 0 aromatic heterocycles. The highest BCUT2D eigenvalue weighted by Gasteiger charge is 2.80. The van der Waals surface area contributed by atoms with E-state index in [2.05, 4.69) is 48.5 Å². The average molecular weight is 745 g/mol. The highest BCUT2D eigenvalue weighted by atomic mass is 16.7. The van der Waals surface area contributed by atoms with E-state index in [1.807, 2.05) is 23.6 Å². The van der Waals surface area contributed by atoms with E-state index >= 15 is 0 Å². The molecule has 5 saturated carbocycles. The standard InChI is InChI=1S/C41H66N2O6.C2H6.CH4O/c1-25(2)21-34(44)43-19-20-46-35(23-43)48-33-13-14-41-24-40(41)16-15-39(7)28-9-11-30(36(26(3)4)49-37(45)42-17-8-18-42)47-31(28)22-29(39)27(40)10-12-32(41)38(33,5)6;2*1-2/h25-33,35-36H,8-24H2,1-7H3;1-2H3;2H,1H3/t27?,28-,29?,30+,31+,32-,33-,35?,36+,39?,40?,41?;;/m0../s1. The van der Waals surface area contributed by atoms with Gasteiger partial charge in [-0.25, -0.2) is 4.79 Å². The number of ether oxygens (including phenoxy) is 4. The quantitative estimate of drug-likeness (QED) is 0.280. The van der Waals surface area contributed by atoms with Crippen LogP contribution in [0.3, 0.4) is 0 Å². The fourth-order valence-corrected chi connectivity index (χ4v) is 13.7. The van der Waals surface area contributed by atoms with Crippen molar-refractivity contribution in [2.75, 3.05) is 39.9 Å². The van der Waals surface area contributed by atoms with Crippen molar-refractivity contribution < 1.29 is 33.6 Å². The van der Waals surface area contributed by atoms with E-state index in [1.54, 1.807) is 0 Å². The molecule has 9 heteroatoms. The predicted octanol–water partition coefficient (Wildman–Crippen LogP) is 8.31. The van der Waals surface area contributed by atoms with Crippen LogP contribution in [0.1, 0.15) is 139 Å². The number of morpholine rings is 1. The lowest BCUT2D eigenvalue weighted by Crippen LogP contribution is -2.56. The van der Waals surface area contributed by atoms with Gasteiger partial charge in [0.2, 0.25) is 5.91 Å². The zero-order valence-corrected chi connectivity index (χ0v) is 35.2. The Morgan fingerprint density at radius 1 is 0.849 bits per heavy atom. The molecule has 53 heavy (non-hydrogen) atoms. The highest BCUT2D eigenvalue weighted by molar-refractivity contribution is 5.76. The van der Waals surface area contributed by atoms with Crippen LogP contribution in [-0.2, 0) is 23.7 Å². The molecule has 0 bridgehead atoms. The maximum atomic E-state index is 12.9. The van der Waals surface area contributed by atoms with Crippen LogP contribution in [0.25, 0.3) is 0 Å². The van der Waals surface area contributed by atoms with Crippen LogP contribution in [0.2, 0.25) is 0 Å². The minimum absolute atomic E-state index is 0.0109. The summed E-state index contributed by atoms with van der Waals surface area (Å²) < 4.78 is 26.2. The fourth-order valence-electron chi connectivity index (χ4n) is 13.7. The molecular formula is C44H76N2O7. The molecule has 3 heterocycles. The number of likely N-dealkylation sites (tertiary alicyclic amines) is 1. The van der Waals surface area contributed by atoms with Gasteiger partial charge in [-0.2, -0.15) is 0 Å². The van der Waals surface area contributed by atoms with Crippen molar-refractivity contribution in [1.29, 1.82) is 0 Å². The van der Waals surface area contributed by atoms with Gasteiger partial charge in [0.15, 0.2) is 6.29 Å². The topological polar surface area (TPSA) is 97.8 Å². The molecule has 9 nitrogen and oxygen atoms in total. The van der Waals surface area contributed by atoms with Crippen molar-refractivity contribution in [3.63, 3.8) is 0 Å². The number of hydrogen-bond acceptors (Lipinski definition) is 7. The normalized spacial score (nSPS) is 42.5. The Kier molecular flexibility index (Phi) is 12.3. The summed E-state index contributed by atoms with van der Waals surface area (Å²) in [7, 11) is 1.00. The summed E-state index contributed by atoms with van der Waals surface area (Å²) in [6, 6.07) is 0. The van der Waals surface area contributed by atoms with Crippen molar-refractivity contribution in [1.82, 2.24) is 9.80 Å². The molecule has 0 radical (unpaired) electrons. The van der Waals surface area contributed by atoms with E-state index in [1.165, 1.54) is 51.4 Å². The number of amides is 2. The summed E-state index contributed by atoms with van der Waals surface area (Å²) in [5.41, 5.74) is 1.39. The largest absolute Gasteiger partial charge is 0.443 e. The van der Waals surface area contributed by atoms with Gasteiger partial charge in [0.1, 0.15) is 6.10 Å². The van der Waals surface area contributed by atoms with Crippen molar-refractivity contribution in [2.24, 2.45) is 57.2 Å². The minimum Gasteiger partial charge on any atom is -0.443 e. The summed E-state index contributed by atoms with van der Waals surface area (Å²) in [6.45, 7) is 23.7. The smallest absolute Gasteiger partial charge is 0.410 e. The Hall–Kier alpha value is -1.42. The third kappa shape index (κ3) is 7.00. The summed E-state index contributed by atoms with van der Waals surface area (Å²) in [6.07, 6.45) is 14.1. The van der Waals surface area contributed by atoms with Gasteiger partial charge < -0.3 is 33.9 Å². The fraction of sp³-hybridized carbons (Fsp3) is 0.955. The van der Waals surface area contributed by atoms with Gasteiger partial charge in [-0.1, -0.05) is 62.3 Å². The average Bonchev–Trinajstić information content (AvgIpc) is 3.69. The van der Waals surface area contributed by atoms with Crippen molar-refractivity contribution >= 4 is 12.0 Å². The first-order valence-corrected chi connectivity index (χ1v) is 21.9. The van der Waals surface area contributed by atoms with Crippen LogP contribution >= 0.6 is 0 Å². The molecule has 6 unspecified atom stereocenters. The first-order chi connectivity index (χ1) is 25.3. The number of fused-ring (bicyclic) bond motifs is 4. The van der Waals surface area contributed by atoms with Crippen LogP contribution < -0.4 is 0 Å². The molecule has 2 spiro atoms. The number of carbonyl (C=O) groups is 2. The monoisotopic (exact) mass is 745 g/mol. The Bertz CT molecular complexity index is 1290. The molecule has 3 saturated heterocycles. The Morgan fingerprint density at radius 2 is 1.57 bits per heavy atom. The lowest BCUT2D eigenvalue weighted by Gasteiger charge is -2.60. The zero-order valence-electron chi connectivity index (χ0n) is 35.2. The van der Waals surface area contributed by atoms with E-state index < -0.39 is 0 Å². The number of hydrogen-bond donors (Lipinski definition) is 1. The number of nitrogens with zero attached hydrogens (tertiary/aromatic N) is 2. The predicted molar refractivity (Wildman–Crippen MR) is 207 cm³/mol. The van der Waals surface area contributed by atoms with E-state index in [0.29, 0.717) is 66.2 Å². The molecule has 12 atom stereocenters. The van der Waals surface area contributed by atoms with Gasteiger partial charge in [-0.3, -0.25) is 4.79 Å². The molecule has 8 aliphatic rings. The van der Waals surface area contributed by atoms with Gasteiger partial charge in [0, 0.05) is 33.2 Å². The molecule has 8 rings (SSSR count). The molecular weight excluding hydrogens is 668 g/mol. The van der Waals surface area contributed by atoms with Gasteiger partial charge in [-0.05, 0) is 128 Å². The second-order valence-electron chi connectivity index (χ2n) is 19.6. The Balaban J connectivity index is 0.00000116. The minimum atomic E-state index is -0.316. The van der Waals surface area contributed by atoms with Crippen LogP contribution in [0.5, 0.6) is 0 Å². The molecule has 3 aliphatic heterocycles. The molecule has 304 valence electrons. The summed E-state index contributed by atoms with van der Waals surface area (Å²) >= 11 is 0. The Labute approximate surface area is 321 Å². The van der Waals surface area contributed by atoms with Crippen LogP contribution in [0.15, 0.2) is 0 Å². The number of aliphatic hydroxyl groups is 1. The lowest BCUT2D eigenvalue weighted by molar-refractivity contribution is -0.244. The van der Waals surface area contributed by atoms with Crippen LogP contribution in [0, 0.1) is 57.2 Å². The van der Waals surface area contributed by atoms with E-state index in [9.17, 15) is 9.59 Å². The molecule has 5 aliphatic carbocycles. The van der Waals surface area contributed by atoms with Gasteiger partial charge >= 0.3 is 6.09 Å². The molecule has 2 amide bonds. The van der Waals surface area contributed by atoms with E-state index in [0.717, 1.165) is 51.3 Å². The number of aliphatic hydroxyl groups excluding tert-OH is 1. The first-order valence-electron chi connectivity index (χ1n) is 21.9. The van der Waals surface area contributed by atoms with E-state index in [4.69, 9.17) is 24.1 Å². The summed E-state index contributed by atoms with van der Waals surface area (Å²) in [5, 5.41) is 7.00. The summed E-state index contributed by atoms with van der Waals surface area (Å²) in [5.74, 6) is 3.68. The maximum Gasteiger partial charge on any atom is 0.410 e. The van der Waals surface area contributed by atoms with Gasteiger partial charge in [-0.15, -0.1) is 0 Å². The van der Waals surface area contributed by atoms with Crippen molar-refractivity contribution in [3.8, 4) is 0 Å². The molecule has 0 aromatic rings. The van der Waals surface area contributed by atoms with E-state index in [-0.39, 0.29) is 47.9 Å². The van der Waals surface area contributed by atoms with Gasteiger partial charge in [0.25, 0.3) is 0 Å². The summed E-state index contributed by atoms with van der Waals surface area (Å²) in [4.78, 5) is 29.5. The molecule has 1 N–H and O–H groups in total. The third-order valence-electron chi connectivity index (χ3n) is 16.2. The first kappa shape index (κ1) is 41.2. The zero-order chi connectivity index (χ0) is 38.5. The number of rotatable bonds is 7.